The van der Waals surface area contributed by atoms with Crippen LogP contribution in [-0.4, -0.2) is 50.9 Å². The van der Waals surface area contributed by atoms with Crippen LogP contribution in [0.1, 0.15) is 47.9 Å². The number of benzene rings is 4. The maximum Gasteiger partial charge on any atom is 0.264 e. The summed E-state index contributed by atoms with van der Waals surface area (Å²) in [5, 5.41) is 3.21. The first-order valence-corrected chi connectivity index (χ1v) is 17.5. The molecule has 8 nitrogen and oxygen atoms in total. The smallest absolute Gasteiger partial charge is 0.264 e. The Balaban J connectivity index is 1.59. The third-order valence-corrected chi connectivity index (χ3v) is 10.4. The van der Waals surface area contributed by atoms with Crippen LogP contribution in [0.5, 0.6) is 5.75 Å². The van der Waals surface area contributed by atoms with Crippen molar-refractivity contribution in [3.8, 4) is 5.75 Å². The Kier molecular flexibility index (Phi) is 11.0. The number of amides is 2. The van der Waals surface area contributed by atoms with Crippen molar-refractivity contribution in [1.82, 2.24) is 10.2 Å². The van der Waals surface area contributed by atoms with Crippen LogP contribution in [0.15, 0.2) is 108 Å². The predicted octanol–water partition coefficient (Wildman–Crippen LogP) is 6.21. The van der Waals surface area contributed by atoms with Crippen LogP contribution < -0.4 is 14.4 Å². The molecule has 1 saturated carbocycles. The van der Waals surface area contributed by atoms with Crippen LogP contribution in [0.3, 0.4) is 0 Å². The Morgan fingerprint density at radius 2 is 1.43 bits per heavy atom. The van der Waals surface area contributed by atoms with Crippen molar-refractivity contribution in [2.75, 3.05) is 18.0 Å². The molecule has 9 heteroatoms. The molecule has 4 aromatic rings. The van der Waals surface area contributed by atoms with Gasteiger partial charge >= 0.3 is 0 Å². The quantitative estimate of drug-likeness (QED) is 0.185. The van der Waals surface area contributed by atoms with Gasteiger partial charge in [-0.1, -0.05) is 97.3 Å². The number of ether oxygens (including phenoxy) is 1. The topological polar surface area (TPSA) is 96.0 Å². The highest BCUT2D eigenvalue weighted by atomic mass is 32.2. The minimum atomic E-state index is -4.24. The van der Waals surface area contributed by atoms with Gasteiger partial charge in [0.15, 0.2) is 0 Å². The highest BCUT2D eigenvalue weighted by molar-refractivity contribution is 7.92. The summed E-state index contributed by atoms with van der Waals surface area (Å²) in [5.74, 6) is -0.435. The van der Waals surface area contributed by atoms with Crippen LogP contribution in [0.4, 0.5) is 5.69 Å². The predicted molar refractivity (Wildman–Crippen MR) is 185 cm³/mol. The third kappa shape index (κ3) is 8.40. The van der Waals surface area contributed by atoms with Crippen LogP contribution in [0.25, 0.3) is 0 Å². The van der Waals surface area contributed by atoms with Crippen molar-refractivity contribution in [3.63, 3.8) is 0 Å². The number of rotatable bonds is 13. The highest BCUT2D eigenvalue weighted by Gasteiger charge is 2.36. The van der Waals surface area contributed by atoms with Crippen LogP contribution in [0.2, 0.25) is 0 Å². The zero-order valence-corrected chi connectivity index (χ0v) is 28.1. The normalized spacial score (nSPS) is 13.9. The van der Waals surface area contributed by atoms with E-state index in [1.165, 1.54) is 12.0 Å². The molecular formula is C38H43N3O5S. The fourth-order valence-electron chi connectivity index (χ4n) is 6.05. The largest absolute Gasteiger partial charge is 0.495 e. The molecule has 1 aliphatic rings. The third-order valence-electron chi connectivity index (χ3n) is 8.66. The first-order chi connectivity index (χ1) is 22.7. The van der Waals surface area contributed by atoms with Crippen molar-refractivity contribution < 1.29 is 22.7 Å². The molecule has 47 heavy (non-hydrogen) atoms. The van der Waals surface area contributed by atoms with E-state index in [0.717, 1.165) is 52.2 Å². The fourth-order valence-corrected chi connectivity index (χ4v) is 7.46. The lowest BCUT2D eigenvalue weighted by atomic mass is 10.0. The second-order valence-electron chi connectivity index (χ2n) is 12.2. The zero-order chi connectivity index (χ0) is 33.4. The van der Waals surface area contributed by atoms with Gasteiger partial charge in [-0.15, -0.1) is 0 Å². The Morgan fingerprint density at radius 3 is 2.04 bits per heavy atom. The molecule has 1 N–H and O–H groups in total. The molecule has 0 heterocycles. The molecule has 0 saturated heterocycles. The number of aryl methyl sites for hydroxylation is 2. The average Bonchev–Trinajstić information content (AvgIpc) is 3.59. The second-order valence-corrected chi connectivity index (χ2v) is 14.1. The molecule has 1 aliphatic carbocycles. The van der Waals surface area contributed by atoms with Gasteiger partial charge in [-0.25, -0.2) is 8.42 Å². The van der Waals surface area contributed by atoms with Crippen molar-refractivity contribution in [1.29, 1.82) is 0 Å². The lowest BCUT2D eigenvalue weighted by Crippen LogP contribution is -2.54. The Hall–Kier alpha value is -4.63. The first kappa shape index (κ1) is 33.7. The van der Waals surface area contributed by atoms with E-state index >= 15 is 0 Å². The molecule has 0 aliphatic heterocycles. The molecule has 1 fully saturated rings. The lowest BCUT2D eigenvalue weighted by molar-refractivity contribution is -0.140. The molecular weight excluding hydrogens is 611 g/mol. The van der Waals surface area contributed by atoms with E-state index in [1.54, 1.807) is 36.4 Å². The standard InChI is InChI=1S/C38H43N3O5S/c1-28-18-21-33(22-19-28)47(44,45)41(34-24-29(2)20-23-36(34)46-3)27-37(42)40(26-31-14-8-5-9-15-31)35(25-30-12-6-4-7-13-30)38(43)39-32-16-10-11-17-32/h4-9,12-15,18-24,32,35H,10-11,16-17,25-27H2,1-3H3,(H,39,43)/t35-/m1/s1. The van der Waals surface area contributed by atoms with Gasteiger partial charge in [0.2, 0.25) is 11.8 Å². The minimum Gasteiger partial charge on any atom is -0.495 e. The number of carbonyl (C=O) groups is 2. The van der Waals surface area contributed by atoms with Gasteiger partial charge in [0.1, 0.15) is 18.3 Å². The molecule has 0 unspecified atom stereocenters. The molecule has 0 radical (unpaired) electrons. The number of nitrogens with zero attached hydrogens (tertiary/aromatic N) is 2. The molecule has 0 aromatic heterocycles. The van der Waals surface area contributed by atoms with Gasteiger partial charge in [0.05, 0.1) is 17.7 Å². The minimum absolute atomic E-state index is 0.0458. The summed E-state index contributed by atoms with van der Waals surface area (Å²) in [6, 6.07) is 30.0. The summed E-state index contributed by atoms with van der Waals surface area (Å²) in [6.45, 7) is 3.32. The monoisotopic (exact) mass is 653 g/mol. The van der Waals surface area contributed by atoms with Crippen LogP contribution >= 0.6 is 0 Å². The van der Waals surface area contributed by atoms with Gasteiger partial charge in [0.25, 0.3) is 10.0 Å². The van der Waals surface area contributed by atoms with E-state index in [4.69, 9.17) is 4.74 Å². The molecule has 0 bridgehead atoms. The Bertz CT molecular complexity index is 1760. The van der Waals surface area contributed by atoms with Crippen molar-refractivity contribution in [2.24, 2.45) is 0 Å². The van der Waals surface area contributed by atoms with E-state index < -0.39 is 28.5 Å². The Morgan fingerprint density at radius 1 is 0.830 bits per heavy atom. The summed E-state index contributed by atoms with van der Waals surface area (Å²) in [4.78, 5) is 30.4. The molecule has 0 spiro atoms. The van der Waals surface area contributed by atoms with Gasteiger partial charge in [-0.3, -0.25) is 13.9 Å². The summed E-state index contributed by atoms with van der Waals surface area (Å²) in [5.41, 5.74) is 3.68. The molecule has 5 rings (SSSR count). The SMILES string of the molecule is COc1ccc(C)cc1N(CC(=O)N(Cc1ccccc1)[C@H](Cc1ccccc1)C(=O)NC1CCCC1)S(=O)(=O)c1ccc(C)cc1. The van der Waals surface area contributed by atoms with Crippen molar-refractivity contribution in [3.05, 3.63) is 125 Å². The summed E-state index contributed by atoms with van der Waals surface area (Å²) in [7, 11) is -2.77. The van der Waals surface area contributed by atoms with Crippen molar-refractivity contribution >= 4 is 27.5 Å². The molecule has 2 amide bonds. The zero-order valence-electron chi connectivity index (χ0n) is 27.3. The Labute approximate surface area is 278 Å². The summed E-state index contributed by atoms with van der Waals surface area (Å²) >= 11 is 0. The number of sulfonamides is 1. The first-order valence-electron chi connectivity index (χ1n) is 16.1. The number of carbonyl (C=O) groups excluding carboxylic acids is 2. The van der Waals surface area contributed by atoms with E-state index in [9.17, 15) is 18.0 Å². The maximum absolute atomic E-state index is 14.7. The van der Waals surface area contributed by atoms with Gasteiger partial charge < -0.3 is 15.0 Å². The summed E-state index contributed by atoms with van der Waals surface area (Å²) < 4.78 is 35.5. The number of methoxy groups -OCH3 is 1. The molecule has 246 valence electrons. The second kappa shape index (κ2) is 15.3. The number of hydrogen-bond acceptors (Lipinski definition) is 5. The average molecular weight is 654 g/mol. The molecule has 1 atom stereocenters. The van der Waals surface area contributed by atoms with Crippen LogP contribution in [0, 0.1) is 13.8 Å². The van der Waals surface area contributed by atoms with Crippen molar-refractivity contribution in [2.45, 2.75) is 69.5 Å². The van der Waals surface area contributed by atoms with E-state index in [-0.39, 0.29) is 35.5 Å². The fraction of sp³-hybridized carbons (Fsp3) is 0.316. The van der Waals surface area contributed by atoms with Gasteiger partial charge in [-0.2, -0.15) is 0 Å². The number of nitrogens with one attached hydrogen (secondary N) is 1. The van der Waals surface area contributed by atoms with E-state index in [0.29, 0.717) is 5.75 Å². The van der Waals surface area contributed by atoms with E-state index in [1.807, 2.05) is 80.6 Å². The highest BCUT2D eigenvalue weighted by Crippen LogP contribution is 2.34. The number of anilines is 1. The maximum atomic E-state index is 14.7. The van der Waals surface area contributed by atoms with Gasteiger partial charge in [0, 0.05) is 19.0 Å². The number of hydrogen-bond donors (Lipinski definition) is 1. The van der Waals surface area contributed by atoms with Crippen LogP contribution in [-0.2, 0) is 32.6 Å². The lowest BCUT2D eigenvalue weighted by Gasteiger charge is -2.34. The molecule has 4 aromatic carbocycles. The van der Waals surface area contributed by atoms with Gasteiger partial charge in [-0.05, 0) is 67.6 Å². The summed E-state index contributed by atoms with van der Waals surface area (Å²) in [6.07, 6.45) is 4.16. The van der Waals surface area contributed by atoms with E-state index in [2.05, 4.69) is 5.32 Å².